The Kier molecular flexibility index (Phi) is 5.41. The second-order valence-electron chi connectivity index (χ2n) is 6.15. The summed E-state index contributed by atoms with van der Waals surface area (Å²) in [5.74, 6) is -4.59. The normalized spacial score (nSPS) is 13.1. The lowest BCUT2D eigenvalue weighted by Gasteiger charge is -2.24. The highest BCUT2D eigenvalue weighted by Crippen LogP contribution is 2.28. The second kappa shape index (κ2) is 7.77. The minimum Gasteiger partial charge on any atom is -0.507 e. The summed E-state index contributed by atoms with van der Waals surface area (Å²) in [7, 11) is 0. The van der Waals surface area contributed by atoms with Crippen LogP contribution in [-0.2, 0) is 29.1 Å². The molecule has 0 atom stereocenters. The van der Waals surface area contributed by atoms with Crippen molar-refractivity contribution >= 4 is 11.9 Å². The van der Waals surface area contributed by atoms with Gasteiger partial charge in [-0.1, -0.05) is 6.07 Å². The molecule has 2 aromatic rings. The van der Waals surface area contributed by atoms with E-state index in [4.69, 9.17) is 9.84 Å². The van der Waals surface area contributed by atoms with Gasteiger partial charge in [-0.3, -0.25) is 14.4 Å². The van der Waals surface area contributed by atoms with Crippen molar-refractivity contribution in [3.05, 3.63) is 62.6 Å². The van der Waals surface area contributed by atoms with E-state index < -0.39 is 46.9 Å². The number of benzene rings is 1. The number of hydrogen-bond acceptors (Lipinski definition) is 5. The number of aromatic hydroxyl groups is 1. The molecule has 0 unspecified atom stereocenters. The molecule has 0 spiro atoms. The van der Waals surface area contributed by atoms with Crippen molar-refractivity contribution in [2.24, 2.45) is 0 Å². The van der Waals surface area contributed by atoms with E-state index in [-0.39, 0.29) is 43.0 Å². The molecule has 1 aromatic carbocycles. The van der Waals surface area contributed by atoms with E-state index in [1.54, 1.807) is 0 Å². The van der Waals surface area contributed by atoms with Crippen LogP contribution >= 0.6 is 0 Å². The van der Waals surface area contributed by atoms with E-state index in [1.165, 1.54) is 6.07 Å². The fourth-order valence-corrected chi connectivity index (χ4v) is 3.02. The molecule has 1 amide bonds. The summed E-state index contributed by atoms with van der Waals surface area (Å²) in [5, 5.41) is 21.2. The molecule has 3 rings (SSSR count). The summed E-state index contributed by atoms with van der Waals surface area (Å²) in [6.45, 7) is -0.877. The SMILES string of the molecule is O=C(O)CNC(=O)c1c(O)c2c(n(Cc3ccc(F)cc3F)c1=O)COCC2. The monoisotopic (exact) mass is 394 g/mol. The van der Waals surface area contributed by atoms with Crippen molar-refractivity contribution < 1.29 is 33.3 Å². The van der Waals surface area contributed by atoms with Gasteiger partial charge in [0.2, 0.25) is 0 Å². The summed E-state index contributed by atoms with van der Waals surface area (Å²) in [6, 6.07) is 2.88. The molecule has 0 aliphatic carbocycles. The van der Waals surface area contributed by atoms with Crippen molar-refractivity contribution in [3.8, 4) is 5.75 Å². The zero-order chi connectivity index (χ0) is 20.4. The molecule has 8 nitrogen and oxygen atoms in total. The highest BCUT2D eigenvalue weighted by atomic mass is 19.1. The number of aliphatic carboxylic acids is 1. The summed E-state index contributed by atoms with van der Waals surface area (Å²) in [4.78, 5) is 35.8. The zero-order valence-electron chi connectivity index (χ0n) is 14.5. The van der Waals surface area contributed by atoms with E-state index in [0.29, 0.717) is 6.07 Å². The molecular formula is C18H16F2N2O6. The molecule has 1 aromatic heterocycles. The van der Waals surface area contributed by atoms with Crippen molar-refractivity contribution in [1.82, 2.24) is 9.88 Å². The van der Waals surface area contributed by atoms with Gasteiger partial charge >= 0.3 is 5.97 Å². The fourth-order valence-electron chi connectivity index (χ4n) is 3.02. The van der Waals surface area contributed by atoms with Gasteiger partial charge in [-0.05, 0) is 6.07 Å². The highest BCUT2D eigenvalue weighted by Gasteiger charge is 2.28. The first kappa shape index (κ1) is 19.5. The standard InChI is InChI=1S/C18H16F2N2O6/c19-10-2-1-9(12(20)5-10)7-22-13-8-28-4-3-11(13)16(25)15(18(22)27)17(26)21-6-14(23)24/h1-2,5,25H,3-4,6-8H2,(H,21,26)(H,23,24). The molecule has 0 bridgehead atoms. The minimum absolute atomic E-state index is 0.00106. The molecule has 28 heavy (non-hydrogen) atoms. The average Bonchev–Trinajstić information content (AvgIpc) is 2.65. The van der Waals surface area contributed by atoms with Gasteiger partial charge in [0.25, 0.3) is 11.5 Å². The molecule has 0 fully saturated rings. The summed E-state index contributed by atoms with van der Waals surface area (Å²) in [5.41, 5.74) is -1.02. The van der Waals surface area contributed by atoms with Gasteiger partial charge in [0.05, 0.1) is 25.5 Å². The van der Waals surface area contributed by atoms with Crippen molar-refractivity contribution in [1.29, 1.82) is 0 Å². The number of amides is 1. The average molecular weight is 394 g/mol. The van der Waals surface area contributed by atoms with E-state index in [0.717, 1.165) is 10.6 Å². The first-order valence-corrected chi connectivity index (χ1v) is 8.28. The van der Waals surface area contributed by atoms with Gasteiger partial charge in [-0.2, -0.15) is 0 Å². The number of ether oxygens (including phenoxy) is 1. The number of halogens is 2. The number of rotatable bonds is 5. The van der Waals surface area contributed by atoms with Crippen LogP contribution in [0.3, 0.4) is 0 Å². The maximum Gasteiger partial charge on any atom is 0.322 e. The number of carboxylic acids is 1. The number of hydrogen-bond donors (Lipinski definition) is 3. The van der Waals surface area contributed by atoms with Gasteiger partial charge < -0.3 is 24.8 Å². The lowest BCUT2D eigenvalue weighted by atomic mass is 10.0. The quantitative estimate of drug-likeness (QED) is 0.690. The Balaban J connectivity index is 2.12. The molecule has 0 radical (unpaired) electrons. The molecule has 0 saturated heterocycles. The Morgan fingerprint density at radius 1 is 1.29 bits per heavy atom. The van der Waals surface area contributed by atoms with E-state index in [9.17, 15) is 28.3 Å². The van der Waals surface area contributed by atoms with Crippen LogP contribution in [0.25, 0.3) is 0 Å². The topological polar surface area (TPSA) is 118 Å². The first-order valence-electron chi connectivity index (χ1n) is 8.28. The van der Waals surface area contributed by atoms with Crippen LogP contribution in [0.2, 0.25) is 0 Å². The second-order valence-corrected chi connectivity index (χ2v) is 6.15. The number of aromatic nitrogens is 1. The molecule has 3 N–H and O–H groups in total. The Labute approximate surface area is 157 Å². The number of pyridine rings is 1. The van der Waals surface area contributed by atoms with Gasteiger partial charge in [0.15, 0.2) is 0 Å². The number of carboxylic acid groups (broad SMARTS) is 1. The highest BCUT2D eigenvalue weighted by molar-refractivity contribution is 5.98. The van der Waals surface area contributed by atoms with Gasteiger partial charge in [-0.15, -0.1) is 0 Å². The maximum atomic E-state index is 14.1. The fraction of sp³-hybridized carbons (Fsp3) is 0.278. The summed E-state index contributed by atoms with van der Waals surface area (Å²) in [6.07, 6.45) is 0.201. The van der Waals surface area contributed by atoms with Gasteiger partial charge in [0, 0.05) is 23.6 Å². The Morgan fingerprint density at radius 2 is 2.04 bits per heavy atom. The Hall–Kier alpha value is -3.27. The summed E-state index contributed by atoms with van der Waals surface area (Å²) >= 11 is 0. The predicted molar refractivity (Wildman–Crippen MR) is 91.2 cm³/mol. The van der Waals surface area contributed by atoms with Gasteiger partial charge in [0.1, 0.15) is 29.5 Å². The third kappa shape index (κ3) is 3.72. The molecule has 148 valence electrons. The van der Waals surface area contributed by atoms with Crippen molar-refractivity contribution in [2.75, 3.05) is 13.2 Å². The zero-order valence-corrected chi connectivity index (χ0v) is 14.5. The number of carbonyl (C=O) groups excluding carboxylic acids is 1. The minimum atomic E-state index is -1.33. The van der Waals surface area contributed by atoms with Crippen LogP contribution in [-0.4, -0.2) is 39.8 Å². The van der Waals surface area contributed by atoms with Crippen LogP contribution in [0.4, 0.5) is 8.78 Å². The van der Waals surface area contributed by atoms with Crippen molar-refractivity contribution in [3.63, 3.8) is 0 Å². The van der Waals surface area contributed by atoms with E-state index >= 15 is 0 Å². The lowest BCUT2D eigenvalue weighted by Crippen LogP contribution is -2.38. The largest absolute Gasteiger partial charge is 0.507 e. The van der Waals surface area contributed by atoms with E-state index in [2.05, 4.69) is 0 Å². The van der Waals surface area contributed by atoms with Gasteiger partial charge in [-0.25, -0.2) is 8.78 Å². The summed E-state index contributed by atoms with van der Waals surface area (Å²) < 4.78 is 33.6. The van der Waals surface area contributed by atoms with E-state index in [1.807, 2.05) is 5.32 Å². The Morgan fingerprint density at radius 3 is 2.71 bits per heavy atom. The molecule has 0 saturated carbocycles. The van der Waals surface area contributed by atoms with Crippen molar-refractivity contribution in [2.45, 2.75) is 19.6 Å². The number of nitrogens with one attached hydrogen (secondary N) is 1. The predicted octanol–water partition coefficient (Wildman–Crippen LogP) is 0.767. The molecule has 2 heterocycles. The number of nitrogens with zero attached hydrogens (tertiary/aromatic N) is 1. The number of fused-ring (bicyclic) bond motifs is 1. The Bertz CT molecular complexity index is 1020. The first-order chi connectivity index (χ1) is 13.3. The maximum absolute atomic E-state index is 14.1. The third-order valence-corrected chi connectivity index (χ3v) is 4.36. The molecule has 10 heteroatoms. The van der Waals surface area contributed by atoms with Crippen LogP contribution in [0.1, 0.15) is 27.2 Å². The van der Waals surface area contributed by atoms with Crippen LogP contribution in [0.5, 0.6) is 5.75 Å². The molecular weight excluding hydrogens is 378 g/mol. The smallest absolute Gasteiger partial charge is 0.322 e. The van der Waals surface area contributed by atoms with Crippen LogP contribution in [0.15, 0.2) is 23.0 Å². The third-order valence-electron chi connectivity index (χ3n) is 4.36. The molecule has 1 aliphatic rings. The molecule has 1 aliphatic heterocycles. The number of carbonyl (C=O) groups is 2. The van der Waals surface area contributed by atoms with Crippen LogP contribution in [0, 0.1) is 11.6 Å². The van der Waals surface area contributed by atoms with Crippen LogP contribution < -0.4 is 10.9 Å². The lowest BCUT2D eigenvalue weighted by molar-refractivity contribution is -0.135.